The molecule has 1 unspecified atom stereocenters. The third kappa shape index (κ3) is 9.22. The van der Waals surface area contributed by atoms with Crippen LogP contribution in [-0.4, -0.2) is 24.6 Å². The smallest absolute Gasteiger partial charge is 0.334 e. The minimum absolute atomic E-state index is 0.0822. The molecule has 0 aliphatic heterocycles. The summed E-state index contributed by atoms with van der Waals surface area (Å²) in [6.07, 6.45) is 8.40. The lowest BCUT2D eigenvalue weighted by atomic mass is 10.1. The van der Waals surface area contributed by atoms with Crippen molar-refractivity contribution in [3.05, 3.63) is 23.3 Å². The molecule has 132 valence electrons. The second-order valence-electron chi connectivity index (χ2n) is 5.56. The fraction of sp³-hybridized carbons (Fsp3) is 0.684. The fourth-order valence-electron chi connectivity index (χ4n) is 1.96. The van der Waals surface area contributed by atoms with Gasteiger partial charge in [-0.15, -0.1) is 0 Å². The van der Waals surface area contributed by atoms with Crippen molar-refractivity contribution in [3.63, 3.8) is 0 Å². The zero-order valence-corrected chi connectivity index (χ0v) is 15.3. The standard InChI is InChI=1S/C19H32O4/c1-6-10-12-16(8-3)18(20)22-14-15(5)23-19(21)17(9-4)13-11-7-2/h12-13,15H,6-11,14H2,1-5H3. The number of carbonyl (C=O) groups is 2. The molecule has 0 bridgehead atoms. The first-order chi connectivity index (χ1) is 11.0. The van der Waals surface area contributed by atoms with Crippen molar-refractivity contribution in [2.75, 3.05) is 6.61 Å². The molecule has 0 heterocycles. The third-order valence-corrected chi connectivity index (χ3v) is 3.40. The van der Waals surface area contributed by atoms with Gasteiger partial charge in [-0.25, -0.2) is 9.59 Å². The lowest BCUT2D eigenvalue weighted by Crippen LogP contribution is -2.23. The maximum absolute atomic E-state index is 12.0. The zero-order valence-electron chi connectivity index (χ0n) is 15.3. The maximum atomic E-state index is 12.0. The van der Waals surface area contributed by atoms with Crippen LogP contribution in [-0.2, 0) is 19.1 Å². The Hall–Kier alpha value is -1.58. The SMILES string of the molecule is CCCC=C(CC)C(=O)OCC(C)OC(=O)C(=CCCC)CC. The molecule has 0 aromatic rings. The Morgan fingerprint density at radius 2 is 1.35 bits per heavy atom. The molecule has 0 spiro atoms. The second-order valence-corrected chi connectivity index (χ2v) is 5.56. The van der Waals surface area contributed by atoms with Crippen LogP contribution in [0.1, 0.15) is 73.1 Å². The normalized spacial score (nSPS) is 13.6. The molecule has 0 fully saturated rings. The zero-order chi connectivity index (χ0) is 17.7. The highest BCUT2D eigenvalue weighted by atomic mass is 16.6. The van der Waals surface area contributed by atoms with E-state index in [1.807, 2.05) is 26.0 Å². The van der Waals surface area contributed by atoms with Gasteiger partial charge in [0, 0.05) is 11.1 Å². The Labute approximate surface area is 140 Å². The summed E-state index contributed by atoms with van der Waals surface area (Å²) in [5.74, 6) is -0.636. The van der Waals surface area contributed by atoms with Gasteiger partial charge in [-0.05, 0) is 32.6 Å². The van der Waals surface area contributed by atoms with Crippen LogP contribution in [0, 0.1) is 0 Å². The van der Waals surface area contributed by atoms with E-state index in [1.165, 1.54) is 0 Å². The molecule has 0 rings (SSSR count). The Balaban J connectivity index is 4.41. The summed E-state index contributed by atoms with van der Waals surface area (Å²) >= 11 is 0. The number of carbonyl (C=O) groups excluding carboxylic acids is 2. The van der Waals surface area contributed by atoms with Crippen molar-refractivity contribution in [1.82, 2.24) is 0 Å². The van der Waals surface area contributed by atoms with E-state index >= 15 is 0 Å². The van der Waals surface area contributed by atoms with Crippen molar-refractivity contribution in [1.29, 1.82) is 0 Å². The highest BCUT2D eigenvalue weighted by Crippen LogP contribution is 2.10. The molecule has 0 amide bonds. The largest absolute Gasteiger partial charge is 0.458 e. The predicted octanol–water partition coefficient (Wildman–Crippen LogP) is 4.73. The summed E-state index contributed by atoms with van der Waals surface area (Å²) < 4.78 is 10.6. The average Bonchev–Trinajstić information content (AvgIpc) is 2.54. The van der Waals surface area contributed by atoms with Gasteiger partial charge in [0.05, 0.1) is 0 Å². The van der Waals surface area contributed by atoms with E-state index in [1.54, 1.807) is 6.92 Å². The first kappa shape index (κ1) is 21.4. The van der Waals surface area contributed by atoms with Crippen LogP contribution >= 0.6 is 0 Å². The molecule has 0 saturated heterocycles. The highest BCUT2D eigenvalue weighted by Gasteiger charge is 2.16. The van der Waals surface area contributed by atoms with Crippen molar-refractivity contribution in [3.8, 4) is 0 Å². The Morgan fingerprint density at radius 3 is 1.78 bits per heavy atom. The van der Waals surface area contributed by atoms with E-state index in [-0.39, 0.29) is 18.5 Å². The number of ether oxygens (including phenoxy) is 2. The summed E-state index contributed by atoms with van der Waals surface area (Å²) in [6.45, 7) is 9.80. The molecule has 0 aromatic carbocycles. The Morgan fingerprint density at radius 1 is 0.870 bits per heavy atom. The van der Waals surface area contributed by atoms with E-state index in [2.05, 4.69) is 13.8 Å². The molecular formula is C19H32O4. The monoisotopic (exact) mass is 324 g/mol. The lowest BCUT2D eigenvalue weighted by Gasteiger charge is -2.15. The summed E-state index contributed by atoms with van der Waals surface area (Å²) in [5, 5.41) is 0. The molecule has 23 heavy (non-hydrogen) atoms. The minimum atomic E-state index is -0.452. The van der Waals surface area contributed by atoms with Crippen LogP contribution in [0.25, 0.3) is 0 Å². The van der Waals surface area contributed by atoms with Crippen molar-refractivity contribution >= 4 is 11.9 Å². The molecule has 0 radical (unpaired) electrons. The van der Waals surface area contributed by atoms with E-state index in [0.29, 0.717) is 24.0 Å². The second kappa shape index (κ2) is 12.9. The number of hydrogen-bond donors (Lipinski definition) is 0. The molecule has 0 N–H and O–H groups in total. The topological polar surface area (TPSA) is 52.6 Å². The first-order valence-corrected chi connectivity index (χ1v) is 8.76. The average molecular weight is 324 g/mol. The molecule has 0 aromatic heterocycles. The Bertz CT molecular complexity index is 421. The van der Waals surface area contributed by atoms with Gasteiger partial charge >= 0.3 is 11.9 Å². The van der Waals surface area contributed by atoms with Crippen LogP contribution in [0.15, 0.2) is 23.3 Å². The molecule has 4 nitrogen and oxygen atoms in total. The fourth-order valence-corrected chi connectivity index (χ4v) is 1.96. The molecule has 0 aliphatic carbocycles. The van der Waals surface area contributed by atoms with Gasteiger partial charge < -0.3 is 9.47 Å². The van der Waals surface area contributed by atoms with Crippen molar-refractivity contribution in [2.45, 2.75) is 79.2 Å². The number of hydrogen-bond acceptors (Lipinski definition) is 4. The van der Waals surface area contributed by atoms with Crippen molar-refractivity contribution in [2.24, 2.45) is 0 Å². The van der Waals surface area contributed by atoms with Crippen LogP contribution in [0.4, 0.5) is 0 Å². The van der Waals surface area contributed by atoms with Gasteiger partial charge in [0.25, 0.3) is 0 Å². The quantitative estimate of drug-likeness (QED) is 0.407. The van der Waals surface area contributed by atoms with E-state index in [0.717, 1.165) is 25.7 Å². The van der Waals surface area contributed by atoms with Gasteiger partial charge in [0.2, 0.25) is 0 Å². The number of esters is 2. The van der Waals surface area contributed by atoms with E-state index in [4.69, 9.17) is 9.47 Å². The van der Waals surface area contributed by atoms with Crippen LogP contribution < -0.4 is 0 Å². The third-order valence-electron chi connectivity index (χ3n) is 3.40. The number of allylic oxidation sites excluding steroid dienone is 2. The summed E-state index contributed by atoms with van der Waals surface area (Å²) in [6, 6.07) is 0. The van der Waals surface area contributed by atoms with Crippen LogP contribution in [0.2, 0.25) is 0 Å². The van der Waals surface area contributed by atoms with Gasteiger partial charge in [0.15, 0.2) is 0 Å². The molecule has 4 heteroatoms. The number of rotatable bonds is 11. The number of unbranched alkanes of at least 4 members (excludes halogenated alkanes) is 2. The summed E-state index contributed by atoms with van der Waals surface area (Å²) in [7, 11) is 0. The first-order valence-electron chi connectivity index (χ1n) is 8.76. The molecule has 0 saturated carbocycles. The summed E-state index contributed by atoms with van der Waals surface area (Å²) in [5.41, 5.74) is 1.37. The van der Waals surface area contributed by atoms with Gasteiger partial charge in [-0.2, -0.15) is 0 Å². The predicted molar refractivity (Wildman–Crippen MR) is 93.1 cm³/mol. The van der Waals surface area contributed by atoms with Gasteiger partial charge in [-0.1, -0.05) is 52.7 Å². The Kier molecular flexibility index (Phi) is 12.0. The van der Waals surface area contributed by atoms with Crippen LogP contribution in [0.5, 0.6) is 0 Å². The van der Waals surface area contributed by atoms with E-state index < -0.39 is 6.10 Å². The van der Waals surface area contributed by atoms with Crippen LogP contribution in [0.3, 0.4) is 0 Å². The highest BCUT2D eigenvalue weighted by molar-refractivity contribution is 5.89. The van der Waals surface area contributed by atoms with Gasteiger partial charge in [-0.3, -0.25) is 0 Å². The van der Waals surface area contributed by atoms with E-state index in [9.17, 15) is 9.59 Å². The molecule has 1 atom stereocenters. The molecule has 0 aliphatic rings. The maximum Gasteiger partial charge on any atom is 0.334 e. The summed E-state index contributed by atoms with van der Waals surface area (Å²) in [4.78, 5) is 24.0. The minimum Gasteiger partial charge on any atom is -0.458 e. The lowest BCUT2D eigenvalue weighted by molar-refractivity contribution is -0.153. The van der Waals surface area contributed by atoms with Crippen molar-refractivity contribution < 1.29 is 19.1 Å². The molecular weight excluding hydrogens is 292 g/mol. The van der Waals surface area contributed by atoms with Gasteiger partial charge in [0.1, 0.15) is 12.7 Å².